The molecule has 0 aliphatic heterocycles. The van der Waals surface area contributed by atoms with Crippen LogP contribution in [0.25, 0.3) is 99.5 Å². The minimum atomic E-state index is -2.68. The van der Waals surface area contributed by atoms with Gasteiger partial charge in [-0.15, -0.1) is 0 Å². The second kappa shape index (κ2) is 38.5. The lowest BCUT2D eigenvalue weighted by Gasteiger charge is -2.35. The highest BCUT2D eigenvalue weighted by Gasteiger charge is 2.43. The molecule has 0 aliphatic carbocycles. The second-order valence-corrected chi connectivity index (χ2v) is 40.6. The van der Waals surface area contributed by atoms with Crippen molar-refractivity contribution in [2.24, 2.45) is 0 Å². The lowest BCUT2D eigenvalue weighted by Crippen LogP contribution is -3.00. The predicted octanol–water partition coefficient (Wildman–Crippen LogP) is 24.3. The molecule has 2 heterocycles. The first-order valence-corrected chi connectivity index (χ1v) is 48.2. The number of hydrogen-bond donors (Lipinski definition) is 1. The molecular formula is C121H93BrFN4Si2-. The highest BCUT2D eigenvalue weighted by Crippen LogP contribution is 2.40. The number of para-hydroxylation sites is 4. The minimum absolute atomic E-state index is 0. The van der Waals surface area contributed by atoms with Crippen LogP contribution in [0.1, 0.15) is 7.43 Å². The fourth-order valence-corrected chi connectivity index (χ4v) is 28.4. The topological polar surface area (TPSA) is 25.1 Å². The van der Waals surface area contributed by atoms with Gasteiger partial charge in [-0.1, -0.05) is 436 Å². The Morgan fingerprint density at radius 2 is 0.372 bits per heavy atom. The van der Waals surface area contributed by atoms with Crippen LogP contribution in [0.2, 0.25) is 0 Å². The fraction of sp³-hybridized carbons (Fsp3) is 0.00826. The van der Waals surface area contributed by atoms with Gasteiger partial charge >= 0.3 is 0 Å². The number of nitrogens with one attached hydrogen (secondary N) is 1. The number of aromatic nitrogens is 2. The zero-order valence-corrected chi connectivity index (χ0v) is 74.0. The van der Waals surface area contributed by atoms with Crippen LogP contribution in [0, 0.1) is 0 Å². The molecule has 0 atom stereocenters. The Bertz CT molecular complexity index is 7130. The van der Waals surface area contributed by atoms with Crippen molar-refractivity contribution < 1.29 is 4.70 Å². The number of fused-ring (bicyclic) bond motifs is 6. The van der Waals surface area contributed by atoms with Crippen molar-refractivity contribution in [2.75, 3.05) is 10.2 Å². The quantitative estimate of drug-likeness (QED) is 0.0645. The van der Waals surface area contributed by atoms with Gasteiger partial charge in [-0.2, -0.15) is 0 Å². The summed E-state index contributed by atoms with van der Waals surface area (Å²) in [6.07, 6.45) is 0. The Balaban J connectivity index is 0.000000144. The van der Waals surface area contributed by atoms with Crippen LogP contribution < -0.4 is 56.4 Å². The van der Waals surface area contributed by atoms with E-state index >= 15 is 0 Å². The van der Waals surface area contributed by atoms with Crippen LogP contribution in [-0.4, -0.2) is 25.3 Å². The molecule has 22 rings (SSSR count). The Kier molecular flexibility index (Phi) is 25.2. The Hall–Kier alpha value is -15.6. The Labute approximate surface area is 765 Å². The number of hydrogen-bond acceptors (Lipinski definition) is 2. The summed E-state index contributed by atoms with van der Waals surface area (Å²) in [6, 6.07) is 193. The average Bonchev–Trinajstić information content (AvgIpc) is 1.70. The lowest BCUT2D eigenvalue weighted by atomic mass is 10.0. The minimum Gasteiger partial charge on any atom is -1.00 e. The van der Waals surface area contributed by atoms with E-state index in [1.54, 1.807) is 0 Å². The van der Waals surface area contributed by atoms with Crippen molar-refractivity contribution in [1.29, 1.82) is 0 Å². The molecule has 0 saturated carbocycles. The third kappa shape index (κ3) is 17.0. The smallest absolute Gasteiger partial charge is 0.179 e. The van der Waals surface area contributed by atoms with E-state index in [1.165, 1.54) is 135 Å². The third-order valence-corrected chi connectivity index (χ3v) is 34.8. The van der Waals surface area contributed by atoms with E-state index in [2.05, 4.69) is 563 Å². The maximum Gasteiger partial charge on any atom is 0.179 e. The molecule has 0 aliphatic rings. The molecule has 0 spiro atoms. The SMILES string of the molecule is Brc1ccc(-c2ccc(-n3c4ccccc4c4ccccc43)cc2)cc1.C.[F-].c1ccc(-c2ccc(N(c3ccc(-c4ccc(-n5c6ccccc6c6ccccc65)cc4)cc3)c3ccc([Si](c4ccccc4)(c4ccccc4)c4ccccc4)cc3)cc2)cc1.c1ccc(-c2ccc(Nc3ccc([Si](c4ccccc4)(c4ccccc4)c4ccccc4)cc3)cc2)cc1. The van der Waals surface area contributed by atoms with Gasteiger partial charge in [0.2, 0.25) is 0 Å². The van der Waals surface area contributed by atoms with E-state index in [4.69, 9.17) is 0 Å². The normalized spacial score (nSPS) is 11.2. The highest BCUT2D eigenvalue weighted by molar-refractivity contribution is 9.10. The molecule has 4 nitrogen and oxygen atoms in total. The van der Waals surface area contributed by atoms with Crippen molar-refractivity contribution in [3.63, 3.8) is 0 Å². The summed E-state index contributed by atoms with van der Waals surface area (Å²) in [6.45, 7) is 0. The second-order valence-electron chi connectivity index (χ2n) is 32.0. The van der Waals surface area contributed by atoms with Gasteiger partial charge in [0.1, 0.15) is 0 Å². The van der Waals surface area contributed by atoms with E-state index in [0.29, 0.717) is 0 Å². The summed E-state index contributed by atoms with van der Waals surface area (Å²) in [5.74, 6) is 0. The zero-order chi connectivity index (χ0) is 85.1. The Morgan fingerprint density at radius 1 is 0.186 bits per heavy atom. The van der Waals surface area contributed by atoms with Gasteiger partial charge in [0, 0.05) is 65.8 Å². The standard InChI is InChI=1S/C60H44N2Si.C36H29NSi.C24H16BrN.CH4.FH/c1-5-17-45(18-6-1)46-29-35-49(36-30-46)61(51-41-43-56(44-42-51)63(53-19-7-2-8-20-53,54-21-9-3-10-22-54)55-23-11-4-12-24-55)50-37-31-47(32-38-50)48-33-39-52(40-34-48)62-59-27-15-13-25-57(59)58-26-14-16-28-60(58)62;1-5-13-29(14-6-1)30-21-23-31(24-22-30)37-32-25-27-36(28-26-32)38(33-15-7-2-8-16-33,34-17-9-3-10-18-34)35-19-11-4-12-20-35;25-19-13-9-17(10-14-19)18-11-15-20(16-12-18)26-23-7-3-1-5-21(23)22-6-2-4-8-24(22)26;;/h1-44H;1-28,37H;1-16H;1H4;1H/p-1. The van der Waals surface area contributed by atoms with E-state index in [0.717, 1.165) is 38.6 Å². The fourth-order valence-electron chi connectivity index (χ4n) is 18.7. The molecule has 129 heavy (non-hydrogen) atoms. The van der Waals surface area contributed by atoms with Crippen LogP contribution in [-0.2, 0) is 0 Å². The highest BCUT2D eigenvalue weighted by atomic mass is 79.9. The molecule has 0 bridgehead atoms. The van der Waals surface area contributed by atoms with E-state index in [9.17, 15) is 0 Å². The first-order chi connectivity index (χ1) is 62.9. The molecule has 1 N–H and O–H groups in total. The first kappa shape index (κ1) is 84.3. The number of anilines is 5. The molecule has 8 heteroatoms. The van der Waals surface area contributed by atoms with Gasteiger partial charge in [0.05, 0.1) is 22.1 Å². The van der Waals surface area contributed by atoms with Crippen LogP contribution >= 0.6 is 15.9 Å². The zero-order valence-electron chi connectivity index (χ0n) is 70.4. The summed E-state index contributed by atoms with van der Waals surface area (Å²) in [5.41, 5.74) is 22.4. The molecule has 620 valence electrons. The molecule has 0 unspecified atom stereocenters. The molecule has 0 fully saturated rings. The molecule has 22 aromatic rings. The van der Waals surface area contributed by atoms with Crippen molar-refractivity contribution in [2.45, 2.75) is 7.43 Å². The Morgan fingerprint density at radius 3 is 0.643 bits per heavy atom. The van der Waals surface area contributed by atoms with Gasteiger partial charge in [0.25, 0.3) is 0 Å². The number of benzene rings is 20. The molecule has 20 aromatic carbocycles. The van der Waals surface area contributed by atoms with Crippen LogP contribution in [0.15, 0.2) is 538 Å². The van der Waals surface area contributed by atoms with Crippen molar-refractivity contribution in [1.82, 2.24) is 9.13 Å². The van der Waals surface area contributed by atoms with E-state index < -0.39 is 16.1 Å². The molecular weight excluding hydrogens is 1660 g/mol. The molecule has 0 saturated heterocycles. The average molecular weight is 1760 g/mol. The van der Waals surface area contributed by atoms with E-state index in [1.807, 2.05) is 6.07 Å². The predicted molar refractivity (Wildman–Crippen MR) is 556 cm³/mol. The summed E-state index contributed by atoms with van der Waals surface area (Å²) in [7, 11) is -5.16. The molecule has 0 radical (unpaired) electrons. The summed E-state index contributed by atoms with van der Waals surface area (Å²) in [5, 5.41) is 19.7. The maximum absolute atomic E-state index is 3.60. The van der Waals surface area contributed by atoms with Crippen LogP contribution in [0.4, 0.5) is 28.4 Å². The number of halogens is 2. The number of rotatable bonds is 19. The van der Waals surface area contributed by atoms with E-state index in [-0.39, 0.29) is 12.1 Å². The lowest BCUT2D eigenvalue weighted by molar-refractivity contribution is -0.0000238. The van der Waals surface area contributed by atoms with Crippen LogP contribution in [0.3, 0.4) is 0 Å². The maximum atomic E-state index is 3.60. The summed E-state index contributed by atoms with van der Waals surface area (Å²) >= 11 is 3.50. The number of nitrogens with zero attached hydrogens (tertiary/aromatic N) is 3. The van der Waals surface area contributed by atoms with Gasteiger partial charge in [-0.3, -0.25) is 0 Å². The van der Waals surface area contributed by atoms with Gasteiger partial charge < -0.3 is 24.1 Å². The van der Waals surface area contributed by atoms with Crippen molar-refractivity contribution in [3.8, 4) is 55.9 Å². The van der Waals surface area contributed by atoms with Gasteiger partial charge in [-0.25, -0.2) is 0 Å². The molecule has 2 aromatic heterocycles. The monoisotopic (exact) mass is 1760 g/mol. The molecule has 0 amide bonds. The third-order valence-electron chi connectivity index (χ3n) is 24.7. The largest absolute Gasteiger partial charge is 1.00 e. The van der Waals surface area contributed by atoms with Crippen LogP contribution in [0.5, 0.6) is 0 Å². The summed E-state index contributed by atoms with van der Waals surface area (Å²) in [4.78, 5) is 2.38. The van der Waals surface area contributed by atoms with Gasteiger partial charge in [0.15, 0.2) is 16.1 Å². The first-order valence-electron chi connectivity index (χ1n) is 43.4. The van der Waals surface area contributed by atoms with Crippen molar-refractivity contribution in [3.05, 3.63) is 538 Å². The van der Waals surface area contributed by atoms with Gasteiger partial charge in [-0.05, 0) is 207 Å². The van der Waals surface area contributed by atoms with Crippen molar-refractivity contribution >= 4 is 146 Å². The summed E-state index contributed by atoms with van der Waals surface area (Å²) < 4.78 is 5.81.